The molecular weight excluding hydrogens is 480 g/mol. The Bertz CT molecular complexity index is 1170. The van der Waals surface area contributed by atoms with Crippen molar-refractivity contribution in [3.05, 3.63) is 65.1 Å². The van der Waals surface area contributed by atoms with Crippen molar-refractivity contribution in [2.24, 2.45) is 5.41 Å². The minimum Gasteiger partial charge on any atom is -0.497 e. The fourth-order valence-electron chi connectivity index (χ4n) is 5.16. The van der Waals surface area contributed by atoms with Crippen molar-refractivity contribution in [1.29, 1.82) is 0 Å². The first-order chi connectivity index (χ1) is 17.5. The number of hydrogen-bond acceptors (Lipinski definition) is 7. The highest BCUT2D eigenvalue weighted by Gasteiger charge is 2.41. The lowest BCUT2D eigenvalue weighted by atomic mass is 9.73. The first-order valence-corrected chi connectivity index (χ1v) is 12.7. The normalized spacial score (nSPS) is 16.6. The number of aliphatic hydroxyl groups is 1. The van der Waals surface area contributed by atoms with Gasteiger partial charge in [-0.1, -0.05) is 17.7 Å². The summed E-state index contributed by atoms with van der Waals surface area (Å²) in [5.41, 5.74) is 3.63. The van der Waals surface area contributed by atoms with Gasteiger partial charge in [0.2, 0.25) is 5.91 Å². The Morgan fingerprint density at radius 2 is 2.08 bits per heavy atom. The third-order valence-electron chi connectivity index (χ3n) is 7.36. The molecule has 3 heterocycles. The number of rotatable bonds is 10. The number of methoxy groups -OCH3 is 1. The molecule has 1 fully saturated rings. The van der Waals surface area contributed by atoms with Gasteiger partial charge < -0.3 is 14.7 Å². The molecule has 1 atom stereocenters. The number of fused-ring (bicyclic) bond motifs is 1. The van der Waals surface area contributed by atoms with Gasteiger partial charge in [0, 0.05) is 29.5 Å². The number of hydroxylamine groups is 1. The summed E-state index contributed by atoms with van der Waals surface area (Å²) in [7, 11) is 1.58. The summed E-state index contributed by atoms with van der Waals surface area (Å²) in [4.78, 5) is 23.7. The number of benzene rings is 1. The van der Waals surface area contributed by atoms with E-state index in [0.29, 0.717) is 47.5 Å². The first kappa shape index (κ1) is 26.3. The van der Waals surface area contributed by atoms with Crippen molar-refractivity contribution in [3.8, 4) is 5.75 Å². The zero-order valence-electron chi connectivity index (χ0n) is 20.5. The van der Waals surface area contributed by atoms with Crippen LogP contribution in [0.3, 0.4) is 0 Å². The molecule has 9 heteroatoms. The van der Waals surface area contributed by atoms with Crippen LogP contribution in [0.25, 0.3) is 10.9 Å². The van der Waals surface area contributed by atoms with E-state index in [-0.39, 0.29) is 0 Å². The highest BCUT2D eigenvalue weighted by Crippen LogP contribution is 2.41. The predicted molar refractivity (Wildman–Crippen MR) is 138 cm³/mol. The van der Waals surface area contributed by atoms with Gasteiger partial charge >= 0.3 is 0 Å². The molecule has 1 aliphatic heterocycles. The van der Waals surface area contributed by atoms with Crippen LogP contribution in [0.2, 0.25) is 5.02 Å². The van der Waals surface area contributed by atoms with E-state index in [9.17, 15) is 15.1 Å². The summed E-state index contributed by atoms with van der Waals surface area (Å²) in [5.74, 6) is 0.254. The second kappa shape index (κ2) is 12.0. The number of halogens is 1. The number of nitrogens with zero attached hydrogens (tertiary/aromatic N) is 3. The number of nitrogens with one attached hydrogen (secondary N) is 1. The van der Waals surface area contributed by atoms with Crippen molar-refractivity contribution in [2.45, 2.75) is 44.6 Å². The molecule has 1 amide bonds. The fraction of sp³-hybridized carbons (Fsp3) is 0.444. The molecular formula is C27H33ClN4O4. The van der Waals surface area contributed by atoms with E-state index >= 15 is 0 Å². The first-order valence-electron chi connectivity index (χ1n) is 12.3. The number of aliphatic hydroxyl groups excluding tert-OH is 1. The van der Waals surface area contributed by atoms with Gasteiger partial charge in [-0.25, -0.2) is 5.48 Å². The molecule has 0 aliphatic carbocycles. The number of aromatic nitrogens is 2. The van der Waals surface area contributed by atoms with Crippen LogP contribution in [0.15, 0.2) is 48.9 Å². The van der Waals surface area contributed by atoms with Gasteiger partial charge in [0.25, 0.3) is 0 Å². The Morgan fingerprint density at radius 3 is 2.78 bits per heavy atom. The average Bonchev–Trinajstić information content (AvgIpc) is 2.92. The number of pyridine rings is 2. The van der Waals surface area contributed by atoms with Crippen LogP contribution < -0.4 is 10.2 Å². The number of likely N-dealkylation sites (tertiary alicyclic amines) is 1. The van der Waals surface area contributed by atoms with E-state index < -0.39 is 17.4 Å². The molecule has 8 nitrogen and oxygen atoms in total. The van der Waals surface area contributed by atoms with Crippen molar-refractivity contribution in [3.63, 3.8) is 0 Å². The second-order valence-electron chi connectivity index (χ2n) is 9.49. The lowest BCUT2D eigenvalue weighted by molar-refractivity contribution is -0.143. The van der Waals surface area contributed by atoms with Crippen LogP contribution in [-0.4, -0.2) is 57.8 Å². The number of piperidine rings is 1. The Labute approximate surface area is 216 Å². The lowest BCUT2D eigenvalue weighted by Crippen LogP contribution is -2.48. The molecule has 0 radical (unpaired) electrons. The van der Waals surface area contributed by atoms with Crippen LogP contribution >= 0.6 is 11.6 Å². The van der Waals surface area contributed by atoms with Gasteiger partial charge in [-0.15, -0.1) is 0 Å². The van der Waals surface area contributed by atoms with E-state index in [4.69, 9.17) is 16.3 Å². The Morgan fingerprint density at radius 1 is 1.28 bits per heavy atom. The van der Waals surface area contributed by atoms with Crippen molar-refractivity contribution in [1.82, 2.24) is 20.3 Å². The molecule has 3 N–H and O–H groups in total. The summed E-state index contributed by atoms with van der Waals surface area (Å²) < 4.78 is 5.34. The number of carbonyl (C=O) groups excluding carboxylic acids is 1. The van der Waals surface area contributed by atoms with Gasteiger partial charge in [-0.2, -0.15) is 0 Å². The zero-order chi connectivity index (χ0) is 25.5. The predicted octanol–water partition coefficient (Wildman–Crippen LogP) is 4.33. The number of amides is 1. The van der Waals surface area contributed by atoms with Crippen molar-refractivity contribution >= 4 is 28.4 Å². The molecule has 0 bridgehead atoms. The van der Waals surface area contributed by atoms with E-state index in [1.165, 1.54) is 11.8 Å². The number of ether oxygens (including phenoxy) is 1. The molecule has 192 valence electrons. The van der Waals surface area contributed by atoms with Gasteiger partial charge in [0.05, 0.1) is 29.2 Å². The lowest BCUT2D eigenvalue weighted by Gasteiger charge is -2.40. The smallest absolute Gasteiger partial charge is 0.249 e. The number of aryl methyl sites for hydroxylation is 1. The number of hydrogen-bond donors (Lipinski definition) is 3. The summed E-state index contributed by atoms with van der Waals surface area (Å²) in [6.07, 6.45) is 8.26. The summed E-state index contributed by atoms with van der Waals surface area (Å²) in [6.45, 7) is 2.45. The van der Waals surface area contributed by atoms with Crippen LogP contribution in [0, 0.1) is 5.41 Å². The van der Waals surface area contributed by atoms with E-state index in [2.05, 4.69) is 20.9 Å². The van der Waals surface area contributed by atoms with Crippen molar-refractivity contribution < 1.29 is 19.8 Å². The molecule has 0 spiro atoms. The van der Waals surface area contributed by atoms with Crippen LogP contribution in [-0.2, 0) is 11.2 Å². The van der Waals surface area contributed by atoms with E-state index in [1.54, 1.807) is 13.3 Å². The molecule has 1 aromatic carbocycles. The Hall–Kier alpha value is -2.78. The topological polar surface area (TPSA) is 108 Å². The minimum absolute atomic E-state index is 0.324. The molecule has 1 unspecified atom stereocenters. The van der Waals surface area contributed by atoms with Crippen LogP contribution in [0.1, 0.15) is 49.3 Å². The standard InChI is InChI=1S/C27H33ClN4O4/c1-36-20-6-7-23-21(16-20)25(22(28)18-30-23)24(33)8-9-27(26(34)31-35)10-14-32(15-11-27)13-3-5-19-4-2-12-29-17-19/h2,4,6-7,12,16-18,24,33,35H,3,5,8-11,13-15H2,1H3,(H,31,34). The van der Waals surface area contributed by atoms with Crippen LogP contribution in [0.5, 0.6) is 5.75 Å². The summed E-state index contributed by atoms with van der Waals surface area (Å²) in [5, 5.41) is 21.8. The molecule has 2 aromatic heterocycles. The Balaban J connectivity index is 1.40. The third kappa shape index (κ3) is 5.95. The Kier molecular flexibility index (Phi) is 8.74. The molecule has 4 rings (SSSR count). The van der Waals surface area contributed by atoms with Gasteiger partial charge in [0.1, 0.15) is 5.75 Å². The fourth-order valence-corrected chi connectivity index (χ4v) is 5.43. The minimum atomic E-state index is -0.893. The molecule has 3 aromatic rings. The van der Waals surface area contributed by atoms with E-state index in [0.717, 1.165) is 37.9 Å². The SMILES string of the molecule is COc1ccc2ncc(Cl)c(C(O)CCC3(C(=O)NO)CCN(CCCc4cccnc4)CC3)c2c1. The summed E-state index contributed by atoms with van der Waals surface area (Å²) in [6, 6.07) is 9.48. The summed E-state index contributed by atoms with van der Waals surface area (Å²) >= 11 is 6.46. The maximum Gasteiger partial charge on any atom is 0.249 e. The second-order valence-corrected chi connectivity index (χ2v) is 9.89. The maximum atomic E-state index is 12.8. The van der Waals surface area contributed by atoms with Gasteiger partial charge in [-0.05, 0) is 88.0 Å². The van der Waals surface area contributed by atoms with E-state index in [1.807, 2.05) is 35.9 Å². The monoisotopic (exact) mass is 512 g/mol. The van der Waals surface area contributed by atoms with Crippen molar-refractivity contribution in [2.75, 3.05) is 26.7 Å². The third-order valence-corrected chi connectivity index (χ3v) is 7.66. The molecule has 0 saturated carbocycles. The quantitative estimate of drug-likeness (QED) is 0.274. The number of carbonyl (C=O) groups is 1. The van der Waals surface area contributed by atoms with Gasteiger partial charge in [-0.3, -0.25) is 20.0 Å². The largest absolute Gasteiger partial charge is 0.497 e. The van der Waals surface area contributed by atoms with Crippen LogP contribution in [0.4, 0.5) is 0 Å². The highest BCUT2D eigenvalue weighted by molar-refractivity contribution is 6.32. The molecule has 1 saturated heterocycles. The molecule has 36 heavy (non-hydrogen) atoms. The zero-order valence-corrected chi connectivity index (χ0v) is 21.2. The molecule has 1 aliphatic rings. The average molecular weight is 513 g/mol. The van der Waals surface area contributed by atoms with Gasteiger partial charge in [0.15, 0.2) is 0 Å². The highest BCUT2D eigenvalue weighted by atomic mass is 35.5. The maximum absolute atomic E-state index is 12.8.